The lowest BCUT2D eigenvalue weighted by Gasteiger charge is -2.34. The predicted molar refractivity (Wildman–Crippen MR) is 113 cm³/mol. The minimum atomic E-state index is -4.63. The summed E-state index contributed by atoms with van der Waals surface area (Å²) in [5, 5.41) is 0. The molecule has 2 heterocycles. The zero-order chi connectivity index (χ0) is 24.6. The number of anilines is 1. The Labute approximate surface area is 191 Å². The second-order valence-electron chi connectivity index (χ2n) is 7.94. The van der Waals surface area contributed by atoms with Crippen molar-refractivity contribution in [1.82, 2.24) is 9.55 Å². The fourth-order valence-corrected chi connectivity index (χ4v) is 3.59. The molecular weight excluding hydrogens is 461 g/mol. The van der Waals surface area contributed by atoms with Crippen molar-refractivity contribution in [2.24, 2.45) is 0 Å². The standard InChI is InChI=1S/C23H20F5N3O3/c1-13-6-7-31-20(30(13)2)11-19(29-22(31)32)33-12-14-8-17(24)21(18(25)9-14)34-16-5-3-4-15(10-16)23(26,27)28/h3-5,8-11,13H,6-7,12H2,1-2H3. The monoisotopic (exact) mass is 481 g/mol. The summed E-state index contributed by atoms with van der Waals surface area (Å²) in [6.45, 7) is 2.24. The SMILES string of the molecule is CC1CCn2c(cc(OCc3cc(F)c(Oc4cccc(C(F)(F)F)c4)c(F)c3)nc2=O)N1C. The van der Waals surface area contributed by atoms with Gasteiger partial charge < -0.3 is 14.4 Å². The maximum Gasteiger partial charge on any atom is 0.416 e. The van der Waals surface area contributed by atoms with Crippen LogP contribution in [0.3, 0.4) is 0 Å². The highest BCUT2D eigenvalue weighted by molar-refractivity contribution is 5.44. The maximum atomic E-state index is 14.5. The Morgan fingerprint density at radius 3 is 2.50 bits per heavy atom. The molecule has 1 unspecified atom stereocenters. The second kappa shape index (κ2) is 8.96. The molecule has 1 atom stereocenters. The molecule has 2 aromatic carbocycles. The lowest BCUT2D eigenvalue weighted by Crippen LogP contribution is -2.41. The summed E-state index contributed by atoms with van der Waals surface area (Å²) in [6.07, 6.45) is -3.84. The number of benzene rings is 2. The topological polar surface area (TPSA) is 56.6 Å². The fraction of sp³-hybridized carbons (Fsp3) is 0.304. The molecule has 1 aliphatic rings. The molecule has 34 heavy (non-hydrogen) atoms. The van der Waals surface area contributed by atoms with Gasteiger partial charge in [0.25, 0.3) is 0 Å². The number of hydrogen-bond donors (Lipinski definition) is 0. The molecule has 0 saturated heterocycles. The summed E-state index contributed by atoms with van der Waals surface area (Å²) in [7, 11) is 1.84. The summed E-state index contributed by atoms with van der Waals surface area (Å²) in [5.41, 5.74) is -1.43. The van der Waals surface area contributed by atoms with Crippen LogP contribution in [0.4, 0.5) is 27.8 Å². The Kier molecular flexibility index (Phi) is 6.20. The van der Waals surface area contributed by atoms with E-state index in [2.05, 4.69) is 4.98 Å². The van der Waals surface area contributed by atoms with Crippen molar-refractivity contribution < 1.29 is 31.4 Å². The van der Waals surface area contributed by atoms with Crippen molar-refractivity contribution in [3.8, 4) is 17.4 Å². The van der Waals surface area contributed by atoms with Crippen LogP contribution in [-0.4, -0.2) is 22.6 Å². The summed E-state index contributed by atoms with van der Waals surface area (Å²) >= 11 is 0. The van der Waals surface area contributed by atoms with Crippen LogP contribution in [0.1, 0.15) is 24.5 Å². The van der Waals surface area contributed by atoms with E-state index in [0.717, 1.165) is 36.8 Å². The summed E-state index contributed by atoms with van der Waals surface area (Å²) in [4.78, 5) is 18.1. The van der Waals surface area contributed by atoms with Crippen LogP contribution in [0.2, 0.25) is 0 Å². The molecule has 0 aliphatic carbocycles. The molecule has 6 nitrogen and oxygen atoms in total. The van der Waals surface area contributed by atoms with Crippen molar-refractivity contribution in [2.75, 3.05) is 11.9 Å². The van der Waals surface area contributed by atoms with E-state index in [-0.39, 0.29) is 29.8 Å². The molecule has 0 bridgehead atoms. The highest BCUT2D eigenvalue weighted by Crippen LogP contribution is 2.34. The molecular formula is C23H20F5N3O3. The summed E-state index contributed by atoms with van der Waals surface area (Å²) < 4.78 is 79.7. The number of ether oxygens (including phenoxy) is 2. The van der Waals surface area contributed by atoms with Crippen LogP contribution < -0.4 is 20.1 Å². The summed E-state index contributed by atoms with van der Waals surface area (Å²) in [6, 6.07) is 7.35. The van der Waals surface area contributed by atoms with Crippen molar-refractivity contribution >= 4 is 5.82 Å². The van der Waals surface area contributed by atoms with Crippen LogP contribution in [-0.2, 0) is 19.3 Å². The normalized spacial score (nSPS) is 15.7. The highest BCUT2D eigenvalue weighted by atomic mass is 19.4. The first kappa shape index (κ1) is 23.5. The van der Waals surface area contributed by atoms with Crippen molar-refractivity contribution in [2.45, 2.75) is 38.7 Å². The molecule has 1 aromatic heterocycles. The van der Waals surface area contributed by atoms with Gasteiger partial charge in [-0.15, -0.1) is 0 Å². The number of nitrogens with zero attached hydrogens (tertiary/aromatic N) is 3. The fourth-order valence-electron chi connectivity index (χ4n) is 3.59. The molecule has 0 spiro atoms. The Balaban J connectivity index is 1.51. The molecule has 180 valence electrons. The highest BCUT2D eigenvalue weighted by Gasteiger charge is 2.31. The van der Waals surface area contributed by atoms with E-state index in [1.165, 1.54) is 4.57 Å². The van der Waals surface area contributed by atoms with Gasteiger partial charge in [-0.3, -0.25) is 4.57 Å². The van der Waals surface area contributed by atoms with Gasteiger partial charge in [0.05, 0.1) is 5.56 Å². The average molecular weight is 481 g/mol. The van der Waals surface area contributed by atoms with Gasteiger partial charge in [-0.25, -0.2) is 13.6 Å². The molecule has 0 N–H and O–H groups in total. The number of aromatic nitrogens is 2. The van der Waals surface area contributed by atoms with Crippen LogP contribution in [0.15, 0.2) is 47.3 Å². The lowest BCUT2D eigenvalue weighted by atomic mass is 10.1. The largest absolute Gasteiger partial charge is 0.473 e. The third-order valence-electron chi connectivity index (χ3n) is 5.58. The lowest BCUT2D eigenvalue weighted by molar-refractivity contribution is -0.137. The predicted octanol–water partition coefficient (Wildman–Crippen LogP) is 5.14. The van der Waals surface area contributed by atoms with Crippen molar-refractivity contribution in [3.63, 3.8) is 0 Å². The van der Waals surface area contributed by atoms with E-state index in [1.807, 2.05) is 18.9 Å². The van der Waals surface area contributed by atoms with Crippen LogP contribution in [0.5, 0.6) is 17.4 Å². The molecule has 1 aliphatic heterocycles. The van der Waals surface area contributed by atoms with Crippen LogP contribution in [0.25, 0.3) is 0 Å². The quantitative estimate of drug-likeness (QED) is 0.473. The van der Waals surface area contributed by atoms with E-state index in [0.29, 0.717) is 18.4 Å². The van der Waals surface area contributed by atoms with Gasteiger partial charge in [0.15, 0.2) is 17.4 Å². The van der Waals surface area contributed by atoms with Gasteiger partial charge >= 0.3 is 11.9 Å². The molecule has 0 amide bonds. The second-order valence-corrected chi connectivity index (χ2v) is 7.94. The van der Waals surface area contributed by atoms with E-state index in [1.54, 1.807) is 6.07 Å². The number of hydrogen-bond acceptors (Lipinski definition) is 5. The van der Waals surface area contributed by atoms with Gasteiger partial charge in [0, 0.05) is 25.7 Å². The first-order chi connectivity index (χ1) is 16.0. The smallest absolute Gasteiger partial charge is 0.416 e. The Bertz CT molecular complexity index is 1250. The van der Waals surface area contributed by atoms with Crippen LogP contribution >= 0.6 is 0 Å². The van der Waals surface area contributed by atoms with Gasteiger partial charge in [-0.2, -0.15) is 18.2 Å². The van der Waals surface area contributed by atoms with E-state index < -0.39 is 34.8 Å². The minimum Gasteiger partial charge on any atom is -0.473 e. The van der Waals surface area contributed by atoms with Gasteiger partial charge in [0.1, 0.15) is 18.2 Å². The first-order valence-corrected chi connectivity index (χ1v) is 10.3. The molecule has 0 radical (unpaired) electrons. The Morgan fingerprint density at radius 1 is 1.12 bits per heavy atom. The van der Waals surface area contributed by atoms with Gasteiger partial charge in [-0.1, -0.05) is 6.07 Å². The van der Waals surface area contributed by atoms with E-state index in [9.17, 15) is 26.7 Å². The van der Waals surface area contributed by atoms with Gasteiger partial charge in [-0.05, 0) is 49.2 Å². The third kappa shape index (κ3) is 4.82. The minimum absolute atomic E-state index is 0.00214. The van der Waals surface area contributed by atoms with E-state index >= 15 is 0 Å². The number of fused-ring (bicyclic) bond motifs is 1. The summed E-state index contributed by atoms with van der Waals surface area (Å²) in [5.74, 6) is -2.83. The first-order valence-electron chi connectivity index (χ1n) is 10.3. The zero-order valence-electron chi connectivity index (χ0n) is 18.2. The Hall–Kier alpha value is -3.63. The number of rotatable bonds is 5. The maximum absolute atomic E-state index is 14.5. The number of halogens is 5. The molecule has 0 saturated carbocycles. The van der Waals surface area contributed by atoms with E-state index in [4.69, 9.17) is 9.47 Å². The third-order valence-corrected chi connectivity index (χ3v) is 5.58. The molecule has 3 aromatic rings. The van der Waals surface area contributed by atoms with Crippen molar-refractivity contribution in [3.05, 3.63) is 75.7 Å². The zero-order valence-corrected chi connectivity index (χ0v) is 18.2. The molecule has 0 fully saturated rings. The van der Waals surface area contributed by atoms with Crippen LogP contribution in [0, 0.1) is 11.6 Å². The molecule has 4 rings (SSSR count). The number of alkyl halides is 3. The van der Waals surface area contributed by atoms with Crippen molar-refractivity contribution in [1.29, 1.82) is 0 Å². The average Bonchev–Trinajstić information content (AvgIpc) is 2.77. The Morgan fingerprint density at radius 2 is 1.82 bits per heavy atom. The van der Waals surface area contributed by atoms with Gasteiger partial charge in [0.2, 0.25) is 5.88 Å². The molecule has 11 heteroatoms.